The highest BCUT2D eigenvalue weighted by Gasteiger charge is 2.24. The fourth-order valence-electron chi connectivity index (χ4n) is 2.97. The van der Waals surface area contributed by atoms with Crippen molar-refractivity contribution < 1.29 is 14.3 Å². The van der Waals surface area contributed by atoms with E-state index in [2.05, 4.69) is 34.5 Å². The van der Waals surface area contributed by atoms with Crippen LogP contribution in [0, 0.1) is 0 Å². The summed E-state index contributed by atoms with van der Waals surface area (Å²) in [6.45, 7) is 2.46. The number of hydrogen-bond donors (Lipinski definition) is 1. The minimum Gasteiger partial charge on any atom is -0.492 e. The Labute approximate surface area is 166 Å². The maximum absolute atomic E-state index is 11.6. The van der Waals surface area contributed by atoms with Gasteiger partial charge in [-0.1, -0.05) is 24.3 Å². The maximum Gasteiger partial charge on any atom is 0.290 e. The van der Waals surface area contributed by atoms with E-state index in [1.807, 2.05) is 36.0 Å². The topological polar surface area (TPSA) is 58.6 Å². The van der Waals surface area contributed by atoms with E-state index in [9.17, 15) is 9.59 Å². The van der Waals surface area contributed by atoms with Crippen LogP contribution >= 0.6 is 23.5 Å². The number of benzene rings is 2. The number of nitrogens with zero attached hydrogens (tertiary/aromatic N) is 1. The van der Waals surface area contributed by atoms with Gasteiger partial charge in [-0.2, -0.15) is 0 Å². The predicted octanol–water partition coefficient (Wildman–Crippen LogP) is 4.00. The van der Waals surface area contributed by atoms with Crippen LogP contribution in [0.25, 0.3) is 6.08 Å². The van der Waals surface area contributed by atoms with Crippen molar-refractivity contribution in [1.82, 2.24) is 5.32 Å². The zero-order valence-corrected chi connectivity index (χ0v) is 16.1. The van der Waals surface area contributed by atoms with Gasteiger partial charge in [-0.05, 0) is 47.7 Å². The SMILES string of the molecule is O=C1NC(=O)C(=Cc2ccc(OCCN3CCSc4ccccc43)cc2)S1. The van der Waals surface area contributed by atoms with E-state index in [4.69, 9.17) is 4.74 Å². The number of carbonyl (C=O) groups is 2. The van der Waals surface area contributed by atoms with Gasteiger partial charge in [-0.15, -0.1) is 11.8 Å². The molecule has 2 aromatic carbocycles. The molecular weight excluding hydrogens is 380 g/mol. The third-order valence-corrected chi connectivity index (χ3v) is 6.13. The molecule has 0 bridgehead atoms. The lowest BCUT2D eigenvalue weighted by Crippen LogP contribution is -2.33. The predicted molar refractivity (Wildman–Crippen MR) is 110 cm³/mol. The van der Waals surface area contributed by atoms with Crippen molar-refractivity contribution in [3.05, 3.63) is 59.0 Å². The van der Waals surface area contributed by atoms with Crippen LogP contribution in [0.15, 0.2) is 58.3 Å². The molecule has 0 aromatic heterocycles. The minimum atomic E-state index is -0.342. The Balaban J connectivity index is 1.33. The van der Waals surface area contributed by atoms with Gasteiger partial charge in [0.25, 0.3) is 11.1 Å². The minimum absolute atomic E-state index is 0.330. The van der Waals surface area contributed by atoms with Crippen LogP contribution in [0.3, 0.4) is 0 Å². The van der Waals surface area contributed by atoms with E-state index >= 15 is 0 Å². The highest BCUT2D eigenvalue weighted by molar-refractivity contribution is 8.18. The number of amides is 2. The van der Waals surface area contributed by atoms with Gasteiger partial charge < -0.3 is 9.64 Å². The molecule has 7 heteroatoms. The second-order valence-corrected chi connectivity index (χ2v) is 8.22. The highest BCUT2D eigenvalue weighted by atomic mass is 32.2. The molecule has 138 valence electrons. The standard InChI is InChI=1S/C20H18N2O3S2/c23-19-18(27-20(24)21-19)13-14-5-7-15(8-6-14)25-11-9-22-10-12-26-17-4-2-1-3-16(17)22/h1-8,13H,9-12H2,(H,21,23,24). The number of carbonyl (C=O) groups excluding carboxylic acids is 2. The molecule has 4 rings (SSSR count). The number of nitrogens with one attached hydrogen (secondary N) is 1. The van der Waals surface area contributed by atoms with Gasteiger partial charge in [0.15, 0.2) is 0 Å². The Morgan fingerprint density at radius 1 is 1.11 bits per heavy atom. The van der Waals surface area contributed by atoms with Gasteiger partial charge >= 0.3 is 0 Å². The summed E-state index contributed by atoms with van der Waals surface area (Å²) in [6.07, 6.45) is 1.71. The average Bonchev–Trinajstić information content (AvgIpc) is 3.00. The average molecular weight is 399 g/mol. The number of imide groups is 1. The molecule has 1 fully saturated rings. The first-order chi connectivity index (χ1) is 13.2. The van der Waals surface area contributed by atoms with Crippen LogP contribution in [-0.4, -0.2) is 36.6 Å². The molecule has 5 nitrogen and oxygen atoms in total. The number of hydrogen-bond acceptors (Lipinski definition) is 6. The fraction of sp³-hybridized carbons (Fsp3) is 0.200. The molecule has 27 heavy (non-hydrogen) atoms. The lowest BCUT2D eigenvalue weighted by Gasteiger charge is -2.30. The van der Waals surface area contributed by atoms with Gasteiger partial charge in [0, 0.05) is 17.2 Å². The highest BCUT2D eigenvalue weighted by Crippen LogP contribution is 2.34. The number of thioether (sulfide) groups is 2. The van der Waals surface area contributed by atoms with Gasteiger partial charge in [0.2, 0.25) is 0 Å². The third kappa shape index (κ3) is 4.31. The first kappa shape index (κ1) is 18.0. The smallest absolute Gasteiger partial charge is 0.290 e. The van der Waals surface area contributed by atoms with E-state index in [1.54, 1.807) is 6.08 Å². The molecule has 0 radical (unpaired) electrons. The number of anilines is 1. The normalized spacial score (nSPS) is 17.8. The molecule has 1 saturated heterocycles. The Morgan fingerprint density at radius 2 is 1.93 bits per heavy atom. The van der Waals surface area contributed by atoms with E-state index in [0.717, 1.165) is 41.9 Å². The summed E-state index contributed by atoms with van der Waals surface area (Å²) in [5.74, 6) is 1.54. The number of para-hydroxylation sites is 1. The monoisotopic (exact) mass is 398 g/mol. The van der Waals surface area contributed by atoms with E-state index in [1.165, 1.54) is 10.6 Å². The van der Waals surface area contributed by atoms with E-state index in [-0.39, 0.29) is 11.1 Å². The summed E-state index contributed by atoms with van der Waals surface area (Å²) in [7, 11) is 0. The van der Waals surface area contributed by atoms with Crippen molar-refractivity contribution in [2.45, 2.75) is 4.90 Å². The molecule has 0 atom stereocenters. The van der Waals surface area contributed by atoms with Gasteiger partial charge in [-0.3, -0.25) is 14.9 Å². The van der Waals surface area contributed by atoms with Crippen LogP contribution < -0.4 is 15.0 Å². The first-order valence-corrected chi connectivity index (χ1v) is 10.4. The van der Waals surface area contributed by atoms with E-state index in [0.29, 0.717) is 11.5 Å². The largest absolute Gasteiger partial charge is 0.492 e. The molecular formula is C20H18N2O3S2. The Morgan fingerprint density at radius 3 is 2.70 bits per heavy atom. The van der Waals surface area contributed by atoms with Crippen LogP contribution in [0.4, 0.5) is 10.5 Å². The van der Waals surface area contributed by atoms with Crippen molar-refractivity contribution in [1.29, 1.82) is 0 Å². The Hall–Kier alpha value is -2.38. The van der Waals surface area contributed by atoms with Crippen molar-refractivity contribution in [3.63, 3.8) is 0 Å². The molecule has 1 N–H and O–H groups in total. The molecule has 2 aromatic rings. The quantitative estimate of drug-likeness (QED) is 0.769. The second-order valence-electron chi connectivity index (χ2n) is 6.07. The fourth-order valence-corrected chi connectivity index (χ4v) is 4.70. The molecule has 2 aliphatic heterocycles. The first-order valence-electron chi connectivity index (χ1n) is 8.63. The maximum atomic E-state index is 11.6. The zero-order chi connectivity index (χ0) is 18.6. The molecule has 0 saturated carbocycles. The van der Waals surface area contributed by atoms with Gasteiger partial charge in [-0.25, -0.2) is 0 Å². The van der Waals surface area contributed by atoms with Crippen molar-refractivity contribution >= 4 is 46.4 Å². The lowest BCUT2D eigenvalue weighted by molar-refractivity contribution is -0.115. The number of rotatable bonds is 5. The molecule has 2 amide bonds. The van der Waals surface area contributed by atoms with Crippen molar-refractivity contribution in [3.8, 4) is 5.75 Å². The number of ether oxygens (including phenoxy) is 1. The molecule has 2 heterocycles. The lowest BCUT2D eigenvalue weighted by atomic mass is 10.2. The van der Waals surface area contributed by atoms with E-state index < -0.39 is 0 Å². The van der Waals surface area contributed by atoms with Gasteiger partial charge in [0.1, 0.15) is 12.4 Å². The summed E-state index contributed by atoms with van der Waals surface area (Å²) in [5.41, 5.74) is 2.14. The molecule has 0 aliphatic carbocycles. The van der Waals surface area contributed by atoms with Crippen LogP contribution in [0.2, 0.25) is 0 Å². The summed E-state index contributed by atoms with van der Waals surface area (Å²) in [5, 5.41) is 1.92. The summed E-state index contributed by atoms with van der Waals surface area (Å²) >= 11 is 2.82. The van der Waals surface area contributed by atoms with Crippen molar-refractivity contribution in [2.24, 2.45) is 0 Å². The summed E-state index contributed by atoms with van der Waals surface area (Å²) < 4.78 is 5.88. The third-order valence-electron chi connectivity index (χ3n) is 4.27. The number of fused-ring (bicyclic) bond motifs is 1. The summed E-state index contributed by atoms with van der Waals surface area (Å²) in [6, 6.07) is 16.0. The molecule has 0 unspecified atom stereocenters. The van der Waals surface area contributed by atoms with Crippen LogP contribution in [0.5, 0.6) is 5.75 Å². The molecule has 2 aliphatic rings. The van der Waals surface area contributed by atoms with Crippen LogP contribution in [0.1, 0.15) is 5.56 Å². The zero-order valence-electron chi connectivity index (χ0n) is 14.5. The second kappa shape index (κ2) is 8.10. The Kier molecular flexibility index (Phi) is 5.40. The Bertz CT molecular complexity index is 896. The molecule has 0 spiro atoms. The van der Waals surface area contributed by atoms with Crippen LogP contribution in [-0.2, 0) is 4.79 Å². The van der Waals surface area contributed by atoms with Crippen molar-refractivity contribution in [2.75, 3.05) is 30.3 Å². The summed E-state index contributed by atoms with van der Waals surface area (Å²) in [4.78, 5) is 26.9. The van der Waals surface area contributed by atoms with Gasteiger partial charge in [0.05, 0.1) is 17.1 Å².